The number of rotatable bonds is 4. The van der Waals surface area contributed by atoms with Crippen molar-refractivity contribution in [3.63, 3.8) is 0 Å². The van der Waals surface area contributed by atoms with Gasteiger partial charge in [-0.15, -0.1) is 0 Å². The molecule has 0 atom stereocenters. The van der Waals surface area contributed by atoms with Gasteiger partial charge >= 0.3 is 6.18 Å². The first-order chi connectivity index (χ1) is 15.7. The maximum atomic E-state index is 13.0. The Morgan fingerprint density at radius 3 is 2.76 bits per heavy atom. The number of benzene rings is 2. The number of hydrogen-bond donors (Lipinski definition) is 1. The molecule has 5 rings (SSSR count). The van der Waals surface area contributed by atoms with Gasteiger partial charge < -0.3 is 15.2 Å². The number of ketones is 1. The first-order valence-corrected chi connectivity index (χ1v) is 10.4. The summed E-state index contributed by atoms with van der Waals surface area (Å²) in [5.74, 6) is 0.0569. The minimum Gasteiger partial charge on any atom is -0.383 e. The average molecular weight is 451 g/mol. The van der Waals surface area contributed by atoms with Crippen LogP contribution in [0.4, 0.5) is 24.7 Å². The molecule has 2 N–H and O–H groups in total. The van der Waals surface area contributed by atoms with Crippen LogP contribution >= 0.6 is 0 Å². The van der Waals surface area contributed by atoms with Gasteiger partial charge in [-0.3, -0.25) is 4.79 Å². The molecule has 3 heterocycles. The topological polar surface area (TPSA) is 77.0 Å². The molecule has 0 spiro atoms. The van der Waals surface area contributed by atoms with Gasteiger partial charge in [0.15, 0.2) is 5.78 Å². The predicted molar refractivity (Wildman–Crippen MR) is 120 cm³/mol. The Kier molecular flexibility index (Phi) is 4.84. The van der Waals surface area contributed by atoms with Crippen molar-refractivity contribution in [1.82, 2.24) is 14.5 Å². The smallest absolute Gasteiger partial charge is 0.383 e. The van der Waals surface area contributed by atoms with E-state index in [-0.39, 0.29) is 17.9 Å². The SMILES string of the molecule is Cn1cc(-c2ccc3c(c2)CCN3CC(=O)c2cccc(C(F)(F)F)c2)c2c(N)ncnc21. The molecule has 168 valence electrons. The summed E-state index contributed by atoms with van der Waals surface area (Å²) in [5.41, 5.74) is 9.95. The molecule has 1 aliphatic rings. The molecule has 0 amide bonds. The van der Waals surface area contributed by atoms with Crippen LogP contribution in [-0.4, -0.2) is 33.4 Å². The molecule has 4 aromatic rings. The summed E-state index contributed by atoms with van der Waals surface area (Å²) in [6.45, 7) is 0.632. The molecule has 33 heavy (non-hydrogen) atoms. The van der Waals surface area contributed by atoms with Crippen molar-refractivity contribution >= 4 is 28.3 Å². The zero-order chi connectivity index (χ0) is 23.3. The molecule has 0 saturated carbocycles. The van der Waals surface area contributed by atoms with Crippen molar-refractivity contribution in [3.8, 4) is 11.1 Å². The summed E-state index contributed by atoms with van der Waals surface area (Å²) in [6, 6.07) is 10.5. The second-order valence-corrected chi connectivity index (χ2v) is 8.13. The summed E-state index contributed by atoms with van der Waals surface area (Å²) >= 11 is 0. The molecule has 2 aromatic heterocycles. The van der Waals surface area contributed by atoms with Crippen LogP contribution in [0, 0.1) is 0 Å². The molecule has 0 saturated heterocycles. The van der Waals surface area contributed by atoms with Gasteiger partial charge in [-0.25, -0.2) is 9.97 Å². The van der Waals surface area contributed by atoms with Crippen molar-refractivity contribution in [2.24, 2.45) is 7.05 Å². The molecular weight excluding hydrogens is 431 g/mol. The molecule has 0 unspecified atom stereocenters. The Morgan fingerprint density at radius 2 is 1.97 bits per heavy atom. The lowest BCUT2D eigenvalue weighted by molar-refractivity contribution is -0.137. The molecule has 0 aliphatic carbocycles. The number of carbonyl (C=O) groups excluding carboxylic acids is 1. The summed E-state index contributed by atoms with van der Waals surface area (Å²) < 4.78 is 40.9. The van der Waals surface area contributed by atoms with E-state index in [1.54, 1.807) is 0 Å². The van der Waals surface area contributed by atoms with Crippen molar-refractivity contribution in [1.29, 1.82) is 0 Å². The van der Waals surface area contributed by atoms with Gasteiger partial charge in [-0.05, 0) is 41.8 Å². The average Bonchev–Trinajstić information content (AvgIpc) is 3.34. The number of Topliss-reactive ketones (excluding diaryl/α,β-unsaturated/α-hetero) is 1. The predicted octanol–water partition coefficient (Wildman–Crippen LogP) is 4.48. The second-order valence-electron chi connectivity index (χ2n) is 8.13. The number of nitrogens with two attached hydrogens (primary N) is 1. The Morgan fingerprint density at radius 1 is 1.15 bits per heavy atom. The van der Waals surface area contributed by atoms with Crippen LogP contribution in [0.1, 0.15) is 21.5 Å². The van der Waals surface area contributed by atoms with Crippen molar-refractivity contribution in [2.75, 3.05) is 23.7 Å². The number of nitrogens with zero attached hydrogens (tertiary/aromatic N) is 4. The Balaban J connectivity index is 1.42. The largest absolute Gasteiger partial charge is 0.416 e. The van der Waals surface area contributed by atoms with E-state index in [9.17, 15) is 18.0 Å². The van der Waals surface area contributed by atoms with E-state index < -0.39 is 11.7 Å². The van der Waals surface area contributed by atoms with Gasteiger partial charge in [0, 0.05) is 36.6 Å². The van der Waals surface area contributed by atoms with Gasteiger partial charge in [-0.2, -0.15) is 13.2 Å². The van der Waals surface area contributed by atoms with E-state index in [0.717, 1.165) is 52.0 Å². The first kappa shape index (κ1) is 21.0. The third-order valence-corrected chi connectivity index (χ3v) is 6.01. The van der Waals surface area contributed by atoms with Crippen LogP contribution in [0.5, 0.6) is 0 Å². The number of hydrogen-bond acceptors (Lipinski definition) is 5. The van der Waals surface area contributed by atoms with E-state index in [1.807, 2.05) is 34.8 Å². The van der Waals surface area contributed by atoms with Crippen LogP contribution in [0.3, 0.4) is 0 Å². The molecule has 0 radical (unpaired) electrons. The molecule has 1 aliphatic heterocycles. The lowest BCUT2D eigenvalue weighted by Gasteiger charge is -2.19. The zero-order valence-corrected chi connectivity index (χ0v) is 17.7. The minimum atomic E-state index is -4.48. The number of fused-ring (bicyclic) bond motifs is 2. The van der Waals surface area contributed by atoms with Crippen LogP contribution in [0.25, 0.3) is 22.2 Å². The Hall–Kier alpha value is -3.88. The van der Waals surface area contributed by atoms with E-state index >= 15 is 0 Å². The fraction of sp³-hybridized carbons (Fsp3) is 0.208. The highest BCUT2D eigenvalue weighted by atomic mass is 19.4. The molecular formula is C24H20F3N5O. The first-order valence-electron chi connectivity index (χ1n) is 10.4. The fourth-order valence-corrected chi connectivity index (χ4v) is 4.39. The van der Waals surface area contributed by atoms with Crippen molar-refractivity contribution < 1.29 is 18.0 Å². The number of carbonyl (C=O) groups is 1. The summed E-state index contributed by atoms with van der Waals surface area (Å²) in [7, 11) is 1.90. The lowest BCUT2D eigenvalue weighted by atomic mass is 10.0. The van der Waals surface area contributed by atoms with Gasteiger partial charge in [0.1, 0.15) is 17.8 Å². The van der Waals surface area contributed by atoms with Crippen LogP contribution < -0.4 is 10.6 Å². The number of halogens is 3. The van der Waals surface area contributed by atoms with E-state index in [4.69, 9.17) is 5.73 Å². The second kappa shape index (κ2) is 7.61. The number of nitrogen functional groups attached to an aromatic ring is 1. The summed E-state index contributed by atoms with van der Waals surface area (Å²) in [4.78, 5) is 23.1. The van der Waals surface area contributed by atoms with Crippen molar-refractivity contribution in [3.05, 3.63) is 71.7 Å². The molecule has 0 bridgehead atoms. The molecule has 2 aromatic carbocycles. The van der Waals surface area contributed by atoms with Gasteiger partial charge in [0.25, 0.3) is 0 Å². The highest BCUT2D eigenvalue weighted by Crippen LogP contribution is 2.37. The third kappa shape index (κ3) is 3.69. The zero-order valence-electron chi connectivity index (χ0n) is 17.7. The lowest BCUT2D eigenvalue weighted by Crippen LogP contribution is -2.28. The van der Waals surface area contributed by atoms with Crippen LogP contribution in [0.15, 0.2) is 55.0 Å². The maximum Gasteiger partial charge on any atom is 0.416 e. The van der Waals surface area contributed by atoms with Crippen LogP contribution in [0.2, 0.25) is 0 Å². The summed E-state index contributed by atoms with van der Waals surface area (Å²) in [6.07, 6.45) is -0.358. The quantitative estimate of drug-likeness (QED) is 0.463. The van der Waals surface area contributed by atoms with Crippen molar-refractivity contribution in [2.45, 2.75) is 12.6 Å². The van der Waals surface area contributed by atoms with Gasteiger partial charge in [-0.1, -0.05) is 18.2 Å². The standard InChI is InChI=1S/C24H20F3N5O/c1-31-11-18(21-22(28)29-13-30-23(21)31)14-5-6-19-15(9-14)7-8-32(19)12-20(33)16-3-2-4-17(10-16)24(25,26)27/h2-6,9-11,13H,7-8,12H2,1H3,(H2,28,29,30). The molecule has 9 heteroatoms. The minimum absolute atomic E-state index is 0.0166. The van der Waals surface area contributed by atoms with Gasteiger partial charge in [0.05, 0.1) is 17.5 Å². The van der Waals surface area contributed by atoms with E-state index in [2.05, 4.69) is 16.0 Å². The Labute approximate surface area is 187 Å². The highest BCUT2D eigenvalue weighted by molar-refractivity contribution is 6.01. The van der Waals surface area contributed by atoms with Crippen LogP contribution in [-0.2, 0) is 19.6 Å². The fourth-order valence-electron chi connectivity index (χ4n) is 4.39. The number of aryl methyl sites for hydroxylation is 1. The Bertz CT molecular complexity index is 1390. The van der Waals surface area contributed by atoms with E-state index in [1.165, 1.54) is 18.5 Å². The monoisotopic (exact) mass is 451 g/mol. The van der Waals surface area contributed by atoms with E-state index in [0.29, 0.717) is 12.4 Å². The maximum absolute atomic E-state index is 13.0. The molecule has 6 nitrogen and oxygen atoms in total. The highest BCUT2D eigenvalue weighted by Gasteiger charge is 2.31. The number of anilines is 2. The summed E-state index contributed by atoms with van der Waals surface area (Å²) in [5, 5.41) is 0.787. The normalized spacial score (nSPS) is 13.5. The number of alkyl halides is 3. The third-order valence-electron chi connectivity index (χ3n) is 6.01. The molecule has 0 fully saturated rings. The number of aromatic nitrogens is 3. The van der Waals surface area contributed by atoms with Gasteiger partial charge in [0.2, 0.25) is 0 Å².